The van der Waals surface area contributed by atoms with Crippen molar-refractivity contribution in [1.82, 2.24) is 9.97 Å². The van der Waals surface area contributed by atoms with Crippen LogP contribution in [0.4, 0.5) is 28.7 Å². The van der Waals surface area contributed by atoms with Crippen molar-refractivity contribution < 1.29 is 23.9 Å². The highest BCUT2D eigenvalue weighted by atomic mass is 79.9. The summed E-state index contributed by atoms with van der Waals surface area (Å²) in [5.41, 5.74) is 14.2. The van der Waals surface area contributed by atoms with Gasteiger partial charge >= 0.3 is 5.97 Å². The van der Waals surface area contributed by atoms with Crippen LogP contribution in [0.2, 0.25) is 0 Å². The minimum absolute atomic E-state index is 0.0354. The second-order valence-electron chi connectivity index (χ2n) is 19.3. The highest BCUT2D eigenvalue weighted by Crippen LogP contribution is 2.28. The van der Waals surface area contributed by atoms with Gasteiger partial charge in [-0.2, -0.15) is 0 Å². The van der Waals surface area contributed by atoms with E-state index in [1.54, 1.807) is 29.4 Å². The van der Waals surface area contributed by atoms with E-state index in [9.17, 15) is 14.4 Å². The number of aldehydes is 1. The quantitative estimate of drug-likeness (QED) is 0.0566. The molecule has 400 valence electrons. The number of ether oxygens (including phenoxy) is 2. The van der Waals surface area contributed by atoms with E-state index in [1.807, 2.05) is 70.7 Å². The van der Waals surface area contributed by atoms with E-state index >= 15 is 0 Å². The number of aromatic nitrogens is 2. The van der Waals surface area contributed by atoms with Crippen LogP contribution >= 0.6 is 15.9 Å². The zero-order chi connectivity index (χ0) is 55.4. The van der Waals surface area contributed by atoms with E-state index in [2.05, 4.69) is 186 Å². The van der Waals surface area contributed by atoms with Gasteiger partial charge < -0.3 is 29.5 Å². The molecule has 8 aromatic rings. The third kappa shape index (κ3) is 16.8. The molecule has 0 spiro atoms. The van der Waals surface area contributed by atoms with Crippen LogP contribution < -0.4 is 24.9 Å². The monoisotopic (exact) mass is 1110 g/mol. The Morgan fingerprint density at radius 1 is 0.590 bits per heavy atom. The van der Waals surface area contributed by atoms with Crippen LogP contribution in [0, 0.1) is 5.92 Å². The molecule has 1 N–H and O–H groups in total. The van der Waals surface area contributed by atoms with E-state index in [0.29, 0.717) is 44.0 Å². The van der Waals surface area contributed by atoms with Gasteiger partial charge in [0.15, 0.2) is 0 Å². The third-order valence-corrected chi connectivity index (χ3v) is 13.6. The van der Waals surface area contributed by atoms with Crippen molar-refractivity contribution in [2.75, 3.05) is 87.5 Å². The summed E-state index contributed by atoms with van der Waals surface area (Å²) in [5.74, 6) is 0.900. The Hall–Kier alpha value is -8.39. The molecule has 0 bridgehead atoms. The summed E-state index contributed by atoms with van der Waals surface area (Å²) >= 11 is 3.45. The molecule has 6 aromatic carbocycles. The van der Waals surface area contributed by atoms with E-state index in [4.69, 9.17) is 4.74 Å². The molecule has 9 rings (SSSR count). The van der Waals surface area contributed by atoms with Crippen molar-refractivity contribution in [3.05, 3.63) is 215 Å². The summed E-state index contributed by atoms with van der Waals surface area (Å²) in [7, 11) is 13.5. The summed E-state index contributed by atoms with van der Waals surface area (Å²) in [4.78, 5) is 52.5. The molecule has 0 radical (unpaired) electrons. The van der Waals surface area contributed by atoms with Crippen molar-refractivity contribution in [1.29, 1.82) is 0 Å². The van der Waals surface area contributed by atoms with Gasteiger partial charge in [-0.1, -0.05) is 125 Å². The normalized spacial score (nSPS) is 12.0. The zero-order valence-electron chi connectivity index (χ0n) is 45.5. The number of esters is 1. The maximum absolute atomic E-state index is 13.6. The lowest BCUT2D eigenvalue weighted by Gasteiger charge is -2.29. The summed E-state index contributed by atoms with van der Waals surface area (Å²) in [6, 6.07) is 57.4. The van der Waals surface area contributed by atoms with Gasteiger partial charge in [0.1, 0.15) is 17.9 Å². The largest absolute Gasteiger partial charge is 0.466 e. The van der Waals surface area contributed by atoms with Gasteiger partial charge in [0.2, 0.25) is 5.91 Å². The summed E-state index contributed by atoms with van der Waals surface area (Å²) < 4.78 is 11.2. The zero-order valence-corrected chi connectivity index (χ0v) is 47.1. The van der Waals surface area contributed by atoms with Crippen molar-refractivity contribution in [2.24, 2.45) is 5.92 Å². The van der Waals surface area contributed by atoms with Gasteiger partial charge in [-0.05, 0) is 130 Å². The number of halogens is 1. The molecular weight excluding hydrogens is 1040 g/mol. The molecule has 13 heteroatoms. The van der Waals surface area contributed by atoms with Gasteiger partial charge in [-0.25, -0.2) is 14.8 Å². The molecule has 3 heterocycles. The number of hydrogen-bond acceptors (Lipinski definition) is 11. The first-order chi connectivity index (χ1) is 37.8. The first-order valence-electron chi connectivity index (χ1n) is 25.8. The van der Waals surface area contributed by atoms with Crippen LogP contribution in [0.15, 0.2) is 193 Å². The molecule has 1 saturated heterocycles. The smallest absolute Gasteiger partial charge is 0.330 e. The van der Waals surface area contributed by atoms with E-state index < -0.39 is 5.97 Å². The Morgan fingerprint density at radius 3 is 1.49 bits per heavy atom. The van der Waals surface area contributed by atoms with Crippen LogP contribution in [-0.4, -0.2) is 90.7 Å². The highest BCUT2D eigenvalue weighted by Gasteiger charge is 2.28. The number of methoxy groups -OCH3 is 1. The fraction of sp³-hybridized carbons (Fsp3) is 0.215. The number of amides is 1. The van der Waals surface area contributed by atoms with Gasteiger partial charge in [-0.3, -0.25) is 14.5 Å². The van der Waals surface area contributed by atoms with Crippen LogP contribution in [0.25, 0.3) is 39.5 Å². The lowest BCUT2D eigenvalue weighted by Crippen LogP contribution is -2.38. The standard InChI is InChI=1S/C30H33N3O4.C20H20BrN3.C15H15NO/c1-32(2)27-11-9-25(10-12-27)24-7-4-23(5-8-24)21-33(30(35)26-15-18-37-19-16-26)28-20-22(14-17-31-28)6-13-29(34)36-3;1-24(2)19-9-7-17(8-10-19)16-5-3-15(4-6-16)14-23-20-13-18(21)11-12-22-20;1-16(2)15-9-7-14(8-10-15)13-5-3-12(11-17)4-6-13/h4-14,17,20,26H,15-16,18-19,21H2,1-3H3;3-13H,14H2,1-2H3,(H,22,23);3-11H,1-2H3/b13-6+;;. The van der Waals surface area contributed by atoms with Crippen LogP contribution in [0.5, 0.6) is 0 Å². The summed E-state index contributed by atoms with van der Waals surface area (Å²) in [6.07, 6.45) is 8.69. The summed E-state index contributed by atoms with van der Waals surface area (Å²) in [5, 5.41) is 3.33. The number of nitrogens with zero attached hydrogens (tertiary/aromatic N) is 6. The van der Waals surface area contributed by atoms with Crippen molar-refractivity contribution in [2.45, 2.75) is 25.9 Å². The van der Waals surface area contributed by atoms with Crippen LogP contribution in [0.1, 0.15) is 39.9 Å². The Balaban J connectivity index is 0.000000184. The molecule has 1 aliphatic heterocycles. The molecule has 1 amide bonds. The molecule has 12 nitrogen and oxygen atoms in total. The van der Waals surface area contributed by atoms with Crippen LogP contribution in [0.3, 0.4) is 0 Å². The SMILES string of the molecule is CN(C)c1ccc(-c2ccc(C=O)cc2)cc1.CN(C)c1ccc(-c2ccc(CNc3cc(Br)ccn3)cc2)cc1.COC(=O)/C=C/c1ccnc(N(Cc2ccc(-c3ccc(N(C)C)cc3)cc2)C(=O)C2CCOCC2)c1. The molecule has 78 heavy (non-hydrogen) atoms. The molecule has 0 aliphatic carbocycles. The van der Waals surface area contributed by atoms with Gasteiger partial charge in [0.05, 0.1) is 13.7 Å². The van der Waals surface area contributed by atoms with E-state index in [-0.39, 0.29) is 11.8 Å². The maximum Gasteiger partial charge on any atom is 0.330 e. The minimum atomic E-state index is -0.440. The number of anilines is 5. The summed E-state index contributed by atoms with van der Waals surface area (Å²) in [6.45, 7) is 2.32. The second-order valence-corrected chi connectivity index (χ2v) is 20.2. The molecule has 1 aliphatic rings. The average molecular weight is 1110 g/mol. The second kappa shape index (κ2) is 28.7. The number of carbonyl (C=O) groups excluding carboxylic acids is 3. The van der Waals surface area contributed by atoms with Gasteiger partial charge in [0.25, 0.3) is 0 Å². The molecule has 0 saturated carbocycles. The fourth-order valence-corrected chi connectivity index (χ4v) is 8.79. The van der Waals surface area contributed by atoms with Crippen molar-refractivity contribution in [3.63, 3.8) is 0 Å². The highest BCUT2D eigenvalue weighted by molar-refractivity contribution is 9.10. The average Bonchev–Trinajstić information content (AvgIpc) is 3.48. The first-order valence-corrected chi connectivity index (χ1v) is 26.6. The molecule has 0 unspecified atom stereocenters. The Labute approximate surface area is 468 Å². The number of pyridine rings is 2. The van der Waals surface area contributed by atoms with Crippen molar-refractivity contribution >= 4 is 68.9 Å². The number of benzene rings is 6. The predicted molar refractivity (Wildman–Crippen MR) is 323 cm³/mol. The Kier molecular flexibility index (Phi) is 21.1. The van der Waals surface area contributed by atoms with Gasteiger partial charge in [0, 0.05) is 114 Å². The molecule has 1 fully saturated rings. The number of rotatable bonds is 16. The van der Waals surface area contributed by atoms with Gasteiger partial charge in [-0.15, -0.1) is 0 Å². The number of nitrogens with one attached hydrogen (secondary N) is 1. The van der Waals surface area contributed by atoms with Crippen LogP contribution in [-0.2, 0) is 32.2 Å². The Morgan fingerprint density at radius 2 is 1.04 bits per heavy atom. The molecular formula is C65H68BrN7O5. The fourth-order valence-electron chi connectivity index (χ4n) is 8.46. The van der Waals surface area contributed by atoms with E-state index in [0.717, 1.165) is 62.2 Å². The maximum atomic E-state index is 13.6. The first kappa shape index (κ1) is 57.3. The predicted octanol–water partition coefficient (Wildman–Crippen LogP) is 13.4. The lowest BCUT2D eigenvalue weighted by atomic mass is 9.98. The third-order valence-electron chi connectivity index (χ3n) is 13.1. The molecule has 2 aromatic heterocycles. The number of hydrogen-bond donors (Lipinski definition) is 1. The topological polar surface area (TPSA) is 120 Å². The Bertz CT molecular complexity index is 3200. The lowest BCUT2D eigenvalue weighted by molar-refractivity contribution is -0.134. The molecule has 0 atom stereocenters. The minimum Gasteiger partial charge on any atom is -0.466 e. The number of carbonyl (C=O) groups is 3. The van der Waals surface area contributed by atoms with Crippen molar-refractivity contribution in [3.8, 4) is 33.4 Å². The van der Waals surface area contributed by atoms with E-state index in [1.165, 1.54) is 41.3 Å².